The molecule has 1 unspecified atom stereocenters. The zero-order chi connectivity index (χ0) is 15.0. The van der Waals surface area contributed by atoms with Crippen molar-refractivity contribution in [3.8, 4) is 0 Å². The zero-order valence-electron chi connectivity index (χ0n) is 10.8. The first kappa shape index (κ1) is 13.5. The van der Waals surface area contributed by atoms with Crippen molar-refractivity contribution in [2.45, 2.75) is 12.3 Å². The van der Waals surface area contributed by atoms with Crippen molar-refractivity contribution >= 4 is 17.3 Å². The van der Waals surface area contributed by atoms with E-state index in [9.17, 15) is 18.0 Å². The Balaban J connectivity index is 2.17. The number of carbonyl (C=O) groups is 1. The summed E-state index contributed by atoms with van der Waals surface area (Å²) in [6, 6.07) is 12.4. The fourth-order valence-corrected chi connectivity index (χ4v) is 2.47. The minimum absolute atomic E-state index is 0.0570. The number of nitrogens with zero attached hydrogens (tertiary/aromatic N) is 1. The monoisotopic (exact) mass is 292 g/mol. The number of amides is 1. The highest BCUT2D eigenvalue weighted by Crippen LogP contribution is 2.44. The summed E-state index contributed by atoms with van der Waals surface area (Å²) in [5.74, 6) is -0.697. The lowest BCUT2D eigenvalue weighted by molar-refractivity contribution is -0.144. The van der Waals surface area contributed by atoms with E-state index in [-0.39, 0.29) is 16.3 Å². The van der Waals surface area contributed by atoms with Gasteiger partial charge in [0.25, 0.3) is 5.91 Å². The van der Waals surface area contributed by atoms with Crippen molar-refractivity contribution in [1.82, 2.24) is 0 Å². The van der Waals surface area contributed by atoms with Gasteiger partial charge < -0.3 is 5.32 Å². The van der Waals surface area contributed by atoms with E-state index in [2.05, 4.69) is 5.32 Å². The zero-order valence-corrected chi connectivity index (χ0v) is 10.8. The van der Waals surface area contributed by atoms with Crippen LogP contribution >= 0.6 is 0 Å². The third-order valence-electron chi connectivity index (χ3n) is 3.32. The Morgan fingerprint density at radius 1 is 0.952 bits per heavy atom. The maximum absolute atomic E-state index is 13.5. The van der Waals surface area contributed by atoms with E-state index in [1.165, 1.54) is 30.3 Å². The summed E-state index contributed by atoms with van der Waals surface area (Å²) in [5.41, 5.74) is 0.396. The molecule has 1 heterocycles. The smallest absolute Gasteiger partial charge is 0.322 e. The van der Waals surface area contributed by atoms with Crippen LogP contribution in [0, 0.1) is 0 Å². The van der Waals surface area contributed by atoms with Gasteiger partial charge in [-0.05, 0) is 17.7 Å². The average Bonchev–Trinajstić information content (AvgIpc) is 2.45. The number of benzene rings is 2. The van der Waals surface area contributed by atoms with Gasteiger partial charge in [0.1, 0.15) is 6.04 Å². The molecule has 0 saturated heterocycles. The molecule has 108 valence electrons. The van der Waals surface area contributed by atoms with Crippen LogP contribution in [-0.2, 0) is 4.79 Å². The lowest BCUT2D eigenvalue weighted by atomic mass is 10.0. The Morgan fingerprint density at radius 3 is 2.24 bits per heavy atom. The normalized spacial score (nSPS) is 18.1. The second-order valence-electron chi connectivity index (χ2n) is 4.66. The third-order valence-corrected chi connectivity index (χ3v) is 3.32. The summed E-state index contributed by atoms with van der Waals surface area (Å²) in [6.07, 6.45) is -4.66. The van der Waals surface area contributed by atoms with Crippen LogP contribution in [0.2, 0.25) is 0 Å². The maximum atomic E-state index is 13.5. The predicted octanol–water partition coefficient (Wildman–Crippen LogP) is 3.71. The van der Waals surface area contributed by atoms with Gasteiger partial charge in [-0.2, -0.15) is 13.2 Å². The standard InChI is InChI=1S/C15H11F3N2O/c16-15(17,18)20-12-9-5-4-8-11(12)19-14(21)13(20)10-6-2-1-3-7-10/h1-9,13H,(H,19,21). The van der Waals surface area contributed by atoms with E-state index in [0.717, 1.165) is 0 Å². The highest BCUT2D eigenvalue weighted by atomic mass is 19.4. The number of hydrogen-bond acceptors (Lipinski definition) is 2. The first-order valence-corrected chi connectivity index (χ1v) is 6.29. The maximum Gasteiger partial charge on any atom is 0.485 e. The van der Waals surface area contributed by atoms with E-state index in [4.69, 9.17) is 0 Å². The number of carbonyl (C=O) groups excluding carboxylic acids is 1. The molecule has 1 N–H and O–H groups in total. The van der Waals surface area contributed by atoms with E-state index in [1.807, 2.05) is 0 Å². The molecule has 0 aliphatic carbocycles. The van der Waals surface area contributed by atoms with E-state index < -0.39 is 18.2 Å². The summed E-state index contributed by atoms with van der Waals surface area (Å²) in [5, 5.41) is 2.53. The lowest BCUT2D eigenvalue weighted by Gasteiger charge is -2.38. The summed E-state index contributed by atoms with van der Waals surface area (Å²) in [4.78, 5) is 12.4. The Labute approximate surface area is 119 Å². The second-order valence-corrected chi connectivity index (χ2v) is 4.66. The van der Waals surface area contributed by atoms with Gasteiger partial charge in [-0.3, -0.25) is 9.69 Å². The van der Waals surface area contributed by atoms with Crippen LogP contribution in [0.5, 0.6) is 0 Å². The fraction of sp³-hybridized carbons (Fsp3) is 0.133. The number of nitrogens with one attached hydrogen (secondary N) is 1. The molecule has 1 aliphatic heterocycles. The molecule has 0 aromatic heterocycles. The van der Waals surface area contributed by atoms with Gasteiger partial charge in [0.15, 0.2) is 0 Å². The summed E-state index contributed by atoms with van der Waals surface area (Å²) < 4.78 is 40.4. The van der Waals surface area contributed by atoms with Crippen molar-refractivity contribution in [3.05, 3.63) is 60.2 Å². The summed E-state index contributed by atoms with van der Waals surface area (Å²) >= 11 is 0. The van der Waals surface area contributed by atoms with Crippen molar-refractivity contribution in [2.24, 2.45) is 0 Å². The van der Waals surface area contributed by atoms with Crippen LogP contribution in [0.3, 0.4) is 0 Å². The SMILES string of the molecule is O=C1Nc2ccccc2N(C(F)(F)F)C1c1ccccc1. The van der Waals surface area contributed by atoms with Crippen molar-refractivity contribution in [3.63, 3.8) is 0 Å². The van der Waals surface area contributed by atoms with Gasteiger partial charge in [-0.1, -0.05) is 42.5 Å². The second kappa shape index (κ2) is 4.80. The number of alkyl halides is 3. The van der Waals surface area contributed by atoms with Gasteiger partial charge in [-0.15, -0.1) is 0 Å². The van der Waals surface area contributed by atoms with E-state index in [1.54, 1.807) is 24.3 Å². The summed E-state index contributed by atoms with van der Waals surface area (Å²) in [7, 11) is 0. The van der Waals surface area contributed by atoms with Gasteiger partial charge >= 0.3 is 6.30 Å². The highest BCUT2D eigenvalue weighted by molar-refractivity contribution is 6.04. The Hall–Kier alpha value is -2.50. The van der Waals surface area contributed by atoms with E-state index >= 15 is 0 Å². The first-order chi connectivity index (χ1) is 9.98. The van der Waals surface area contributed by atoms with Crippen LogP contribution in [0.4, 0.5) is 24.5 Å². The van der Waals surface area contributed by atoms with Gasteiger partial charge in [0.2, 0.25) is 0 Å². The molecule has 0 saturated carbocycles. The number of hydrogen-bond donors (Lipinski definition) is 1. The van der Waals surface area contributed by atoms with Crippen molar-refractivity contribution in [2.75, 3.05) is 10.2 Å². The Kier molecular flexibility index (Phi) is 3.08. The van der Waals surface area contributed by atoms with Crippen molar-refractivity contribution < 1.29 is 18.0 Å². The number of anilines is 2. The quantitative estimate of drug-likeness (QED) is 0.813. The number of halogens is 3. The molecule has 1 atom stereocenters. The molecule has 0 bridgehead atoms. The molecule has 6 heteroatoms. The van der Waals surface area contributed by atoms with Crippen LogP contribution < -0.4 is 10.2 Å². The highest BCUT2D eigenvalue weighted by Gasteiger charge is 2.48. The number of rotatable bonds is 1. The largest absolute Gasteiger partial charge is 0.485 e. The third kappa shape index (κ3) is 2.33. The van der Waals surface area contributed by atoms with Gasteiger partial charge in [0, 0.05) is 0 Å². The topological polar surface area (TPSA) is 32.3 Å². The Morgan fingerprint density at radius 2 is 1.57 bits per heavy atom. The van der Waals surface area contributed by atoms with Crippen LogP contribution in [0.15, 0.2) is 54.6 Å². The first-order valence-electron chi connectivity index (χ1n) is 6.29. The minimum atomic E-state index is -4.66. The minimum Gasteiger partial charge on any atom is -0.322 e. The van der Waals surface area contributed by atoms with Crippen LogP contribution in [0.25, 0.3) is 0 Å². The van der Waals surface area contributed by atoms with Crippen molar-refractivity contribution in [1.29, 1.82) is 0 Å². The number of fused-ring (bicyclic) bond motifs is 1. The fourth-order valence-electron chi connectivity index (χ4n) is 2.47. The lowest BCUT2D eigenvalue weighted by Crippen LogP contribution is -2.49. The van der Waals surface area contributed by atoms with Gasteiger partial charge in [0.05, 0.1) is 11.4 Å². The molecule has 0 spiro atoms. The molecular weight excluding hydrogens is 281 g/mol. The molecule has 0 radical (unpaired) electrons. The average molecular weight is 292 g/mol. The van der Waals surface area contributed by atoms with Crippen LogP contribution in [-0.4, -0.2) is 12.2 Å². The predicted molar refractivity (Wildman–Crippen MR) is 72.8 cm³/mol. The molecule has 21 heavy (non-hydrogen) atoms. The Bertz CT molecular complexity index is 670. The molecule has 1 aliphatic rings. The summed E-state index contributed by atoms with van der Waals surface area (Å²) in [6.45, 7) is 0. The molecule has 3 nitrogen and oxygen atoms in total. The molecule has 1 amide bonds. The molecule has 3 rings (SSSR count). The number of para-hydroxylation sites is 2. The van der Waals surface area contributed by atoms with Gasteiger partial charge in [-0.25, -0.2) is 0 Å². The van der Waals surface area contributed by atoms with Crippen LogP contribution in [0.1, 0.15) is 11.6 Å². The molecule has 0 fully saturated rings. The molecule has 2 aromatic rings. The molecular formula is C15H11F3N2O. The van der Waals surface area contributed by atoms with E-state index in [0.29, 0.717) is 5.56 Å². The molecule has 2 aromatic carbocycles.